The number of hydrogen-bond acceptors (Lipinski definition) is 4. The molecule has 4 nitrogen and oxygen atoms in total. The number of rotatable bonds is 10. The number of morpholine rings is 1. The van der Waals surface area contributed by atoms with Crippen LogP contribution >= 0.6 is 0 Å². The highest BCUT2D eigenvalue weighted by Crippen LogP contribution is 2.24. The van der Waals surface area contributed by atoms with Crippen LogP contribution < -0.4 is 4.74 Å². The van der Waals surface area contributed by atoms with E-state index < -0.39 is 0 Å². The molecule has 3 aromatic rings. The Balaban J connectivity index is 1.39. The maximum atomic E-state index is 6.54. The molecule has 0 spiro atoms. The molecule has 1 aliphatic rings. The Morgan fingerprint density at radius 2 is 1.34 bits per heavy atom. The molecule has 1 unspecified atom stereocenters. The molecule has 1 saturated heterocycles. The molecule has 0 aromatic heterocycles. The van der Waals surface area contributed by atoms with Gasteiger partial charge in [-0.1, -0.05) is 72.8 Å². The van der Waals surface area contributed by atoms with Gasteiger partial charge in [0.05, 0.1) is 25.4 Å². The summed E-state index contributed by atoms with van der Waals surface area (Å²) in [5.41, 5.74) is 3.33. The van der Waals surface area contributed by atoms with Crippen molar-refractivity contribution in [3.8, 4) is 5.75 Å². The smallest absolute Gasteiger partial charge is 0.119 e. The van der Waals surface area contributed by atoms with Crippen molar-refractivity contribution in [2.45, 2.75) is 32.2 Å². The van der Waals surface area contributed by atoms with Gasteiger partial charge < -0.3 is 14.2 Å². The van der Waals surface area contributed by atoms with Crippen molar-refractivity contribution in [3.05, 3.63) is 102 Å². The fraction of sp³-hybridized carbons (Fsp3) is 0.357. The Kier molecular flexibility index (Phi) is 7.94. The molecule has 0 aliphatic carbocycles. The lowest BCUT2D eigenvalue weighted by atomic mass is 9.95. The standard InChI is InChI=1S/C28H33NO3/c1-28(23-29-16-18-30-19-17-29,32-22-26-10-6-3-7-11-26)20-24-12-14-27(15-13-24)31-21-25-8-4-2-5-9-25/h2-15H,16-23H2,1H3. The third-order valence-corrected chi connectivity index (χ3v) is 5.84. The fourth-order valence-corrected chi connectivity index (χ4v) is 4.09. The van der Waals surface area contributed by atoms with Crippen LogP contribution in [-0.4, -0.2) is 43.3 Å². The molecule has 4 heteroatoms. The van der Waals surface area contributed by atoms with Crippen LogP contribution in [0.4, 0.5) is 0 Å². The van der Waals surface area contributed by atoms with Crippen molar-refractivity contribution in [1.29, 1.82) is 0 Å². The van der Waals surface area contributed by atoms with Crippen LogP contribution in [0.3, 0.4) is 0 Å². The maximum absolute atomic E-state index is 6.54. The van der Waals surface area contributed by atoms with Gasteiger partial charge in [0.2, 0.25) is 0 Å². The minimum atomic E-state index is -0.292. The van der Waals surface area contributed by atoms with Gasteiger partial charge in [0, 0.05) is 26.1 Å². The summed E-state index contributed by atoms with van der Waals surface area (Å²) < 4.78 is 18.0. The second kappa shape index (κ2) is 11.3. The van der Waals surface area contributed by atoms with E-state index in [-0.39, 0.29) is 5.60 Å². The predicted octanol–water partition coefficient (Wildman–Crippen LogP) is 5.12. The Morgan fingerprint density at radius 3 is 1.97 bits per heavy atom. The van der Waals surface area contributed by atoms with Crippen LogP contribution in [0.5, 0.6) is 5.75 Å². The van der Waals surface area contributed by atoms with Crippen molar-refractivity contribution >= 4 is 0 Å². The summed E-state index contributed by atoms with van der Waals surface area (Å²) in [6, 6.07) is 29.1. The van der Waals surface area contributed by atoms with Gasteiger partial charge in [-0.2, -0.15) is 0 Å². The first kappa shape index (κ1) is 22.5. The summed E-state index contributed by atoms with van der Waals surface area (Å²) >= 11 is 0. The molecule has 0 N–H and O–H groups in total. The molecule has 1 aliphatic heterocycles. The largest absolute Gasteiger partial charge is 0.489 e. The molecule has 4 rings (SSSR count). The Labute approximate surface area is 191 Å². The molecule has 32 heavy (non-hydrogen) atoms. The predicted molar refractivity (Wildman–Crippen MR) is 128 cm³/mol. The van der Waals surface area contributed by atoms with E-state index >= 15 is 0 Å². The average Bonchev–Trinajstić information content (AvgIpc) is 2.84. The third-order valence-electron chi connectivity index (χ3n) is 5.84. The van der Waals surface area contributed by atoms with Gasteiger partial charge in [0.25, 0.3) is 0 Å². The van der Waals surface area contributed by atoms with E-state index in [4.69, 9.17) is 14.2 Å². The van der Waals surface area contributed by atoms with E-state index in [9.17, 15) is 0 Å². The Morgan fingerprint density at radius 1 is 0.750 bits per heavy atom. The molecule has 0 bridgehead atoms. The summed E-state index contributed by atoms with van der Waals surface area (Å²) in [4.78, 5) is 2.45. The van der Waals surface area contributed by atoms with Crippen LogP contribution in [-0.2, 0) is 29.1 Å². The molecular formula is C28H33NO3. The zero-order chi connectivity index (χ0) is 22.1. The van der Waals surface area contributed by atoms with Crippen LogP contribution in [0, 0.1) is 0 Å². The second-order valence-electron chi connectivity index (χ2n) is 8.71. The summed E-state index contributed by atoms with van der Waals surface area (Å²) in [5.74, 6) is 0.887. The molecule has 168 valence electrons. The van der Waals surface area contributed by atoms with Gasteiger partial charge in [-0.3, -0.25) is 4.90 Å². The summed E-state index contributed by atoms with van der Waals surface area (Å²) in [6.07, 6.45) is 0.843. The highest BCUT2D eigenvalue weighted by molar-refractivity contribution is 5.29. The van der Waals surface area contributed by atoms with Crippen molar-refractivity contribution in [3.63, 3.8) is 0 Å². The van der Waals surface area contributed by atoms with E-state index in [0.717, 1.165) is 45.0 Å². The van der Waals surface area contributed by atoms with Crippen LogP contribution in [0.15, 0.2) is 84.9 Å². The van der Waals surface area contributed by atoms with Crippen molar-refractivity contribution < 1.29 is 14.2 Å². The topological polar surface area (TPSA) is 30.9 Å². The van der Waals surface area contributed by atoms with E-state index in [2.05, 4.69) is 72.5 Å². The van der Waals surface area contributed by atoms with Crippen molar-refractivity contribution in [2.75, 3.05) is 32.8 Å². The monoisotopic (exact) mass is 431 g/mol. The Hall–Kier alpha value is -2.66. The number of hydrogen-bond donors (Lipinski definition) is 0. The maximum Gasteiger partial charge on any atom is 0.119 e. The van der Waals surface area contributed by atoms with Gasteiger partial charge in [-0.15, -0.1) is 0 Å². The van der Waals surface area contributed by atoms with E-state index in [0.29, 0.717) is 13.2 Å². The zero-order valence-electron chi connectivity index (χ0n) is 18.9. The second-order valence-corrected chi connectivity index (χ2v) is 8.71. The highest BCUT2D eigenvalue weighted by Gasteiger charge is 2.29. The lowest BCUT2D eigenvalue weighted by Gasteiger charge is -2.37. The average molecular weight is 432 g/mol. The Bertz CT molecular complexity index is 924. The molecule has 1 atom stereocenters. The molecule has 1 heterocycles. The van der Waals surface area contributed by atoms with Gasteiger partial charge in [0.1, 0.15) is 12.4 Å². The fourth-order valence-electron chi connectivity index (χ4n) is 4.09. The quantitative estimate of drug-likeness (QED) is 0.446. The zero-order valence-corrected chi connectivity index (χ0v) is 18.9. The van der Waals surface area contributed by atoms with Crippen molar-refractivity contribution in [1.82, 2.24) is 4.90 Å². The van der Waals surface area contributed by atoms with E-state index in [1.807, 2.05) is 24.3 Å². The normalized spacial score (nSPS) is 16.4. The molecular weight excluding hydrogens is 398 g/mol. The summed E-state index contributed by atoms with van der Waals surface area (Å²) in [7, 11) is 0. The number of ether oxygens (including phenoxy) is 3. The third kappa shape index (κ3) is 6.92. The molecule has 0 amide bonds. The van der Waals surface area contributed by atoms with E-state index in [1.54, 1.807) is 0 Å². The summed E-state index contributed by atoms with van der Waals surface area (Å²) in [6.45, 7) is 7.80. The molecule has 1 fully saturated rings. The lowest BCUT2D eigenvalue weighted by molar-refractivity contribution is -0.0774. The van der Waals surface area contributed by atoms with Crippen LogP contribution in [0.25, 0.3) is 0 Å². The van der Waals surface area contributed by atoms with E-state index in [1.165, 1.54) is 16.7 Å². The van der Waals surface area contributed by atoms with Crippen molar-refractivity contribution in [2.24, 2.45) is 0 Å². The first-order valence-electron chi connectivity index (χ1n) is 11.4. The number of nitrogens with zero attached hydrogens (tertiary/aromatic N) is 1. The number of benzene rings is 3. The first-order valence-corrected chi connectivity index (χ1v) is 11.4. The SMILES string of the molecule is CC(Cc1ccc(OCc2ccccc2)cc1)(CN1CCOCC1)OCc1ccccc1. The van der Waals surface area contributed by atoms with Crippen LogP contribution in [0.2, 0.25) is 0 Å². The lowest BCUT2D eigenvalue weighted by Crippen LogP contribution is -2.48. The van der Waals surface area contributed by atoms with Gasteiger partial charge >= 0.3 is 0 Å². The molecule has 0 radical (unpaired) electrons. The summed E-state index contributed by atoms with van der Waals surface area (Å²) in [5, 5.41) is 0. The molecule has 0 saturated carbocycles. The first-order chi connectivity index (χ1) is 15.7. The minimum absolute atomic E-state index is 0.292. The highest BCUT2D eigenvalue weighted by atomic mass is 16.5. The van der Waals surface area contributed by atoms with Gasteiger partial charge in [0.15, 0.2) is 0 Å². The molecule has 3 aromatic carbocycles. The van der Waals surface area contributed by atoms with Crippen LogP contribution in [0.1, 0.15) is 23.6 Å². The minimum Gasteiger partial charge on any atom is -0.489 e. The van der Waals surface area contributed by atoms with Gasteiger partial charge in [-0.25, -0.2) is 0 Å². The van der Waals surface area contributed by atoms with Gasteiger partial charge in [-0.05, 0) is 35.7 Å².